The quantitative estimate of drug-likeness (QED) is 0.759. The molecule has 2 aromatic carbocycles. The lowest BCUT2D eigenvalue weighted by atomic mass is 10.0. The van der Waals surface area contributed by atoms with Crippen molar-refractivity contribution >= 4 is 24.0 Å². The van der Waals surface area contributed by atoms with Gasteiger partial charge in [0.1, 0.15) is 5.75 Å². The molecule has 1 atom stereocenters. The van der Waals surface area contributed by atoms with Gasteiger partial charge in [-0.05, 0) is 55.0 Å². The molecule has 6 heteroatoms. The number of ether oxygens (including phenoxy) is 2. The Morgan fingerprint density at radius 2 is 1.78 bits per heavy atom. The predicted octanol–water partition coefficient (Wildman–Crippen LogP) is 3.42. The number of nitrogens with two attached hydrogens (primary N) is 1. The van der Waals surface area contributed by atoms with Crippen molar-refractivity contribution in [2.45, 2.75) is 25.3 Å². The topological polar surface area (TPSA) is 73.6 Å². The van der Waals surface area contributed by atoms with Gasteiger partial charge in [-0.15, -0.1) is 12.4 Å². The largest absolute Gasteiger partial charge is 0.493 e. The van der Waals surface area contributed by atoms with E-state index in [0.717, 1.165) is 43.1 Å². The molecule has 1 saturated heterocycles. The Hall–Kier alpha value is -2.08. The van der Waals surface area contributed by atoms with E-state index in [2.05, 4.69) is 5.32 Å². The summed E-state index contributed by atoms with van der Waals surface area (Å²) in [5.41, 5.74) is 7.78. The zero-order valence-corrected chi connectivity index (χ0v) is 16.1. The molecule has 27 heavy (non-hydrogen) atoms. The van der Waals surface area contributed by atoms with Gasteiger partial charge in [0.2, 0.25) is 5.91 Å². The summed E-state index contributed by atoms with van der Waals surface area (Å²) in [4.78, 5) is 12.3. The summed E-state index contributed by atoms with van der Waals surface area (Å²) in [5.74, 6) is 1.17. The summed E-state index contributed by atoms with van der Waals surface area (Å²) in [6.07, 6.45) is 2.61. The smallest absolute Gasteiger partial charge is 0.241 e. The zero-order valence-electron chi connectivity index (χ0n) is 15.3. The molecule has 1 aliphatic heterocycles. The molecular weight excluding hydrogens is 364 g/mol. The van der Waals surface area contributed by atoms with E-state index in [9.17, 15) is 4.79 Å². The second-order valence-electron chi connectivity index (χ2n) is 6.68. The molecule has 0 bridgehead atoms. The van der Waals surface area contributed by atoms with Crippen LogP contribution in [0, 0.1) is 5.92 Å². The average Bonchev–Trinajstić information content (AvgIpc) is 2.69. The van der Waals surface area contributed by atoms with Crippen molar-refractivity contribution in [3.05, 3.63) is 60.2 Å². The van der Waals surface area contributed by atoms with Crippen molar-refractivity contribution < 1.29 is 14.3 Å². The number of nitrogens with one attached hydrogen (secondary N) is 1. The standard InChI is InChI=1S/C21H26N2O3.ClH/c22-20(14-16-4-2-1-3-5-16)21(24)23-18-6-8-19(9-7-18)26-15-17-10-12-25-13-11-17;/h1-9,17,20H,10-15,22H2,(H,23,24);1H/t20-;/m0./s1. The van der Waals surface area contributed by atoms with E-state index < -0.39 is 6.04 Å². The van der Waals surface area contributed by atoms with Crippen LogP contribution in [0.1, 0.15) is 18.4 Å². The highest BCUT2D eigenvalue weighted by Crippen LogP contribution is 2.20. The molecule has 0 saturated carbocycles. The van der Waals surface area contributed by atoms with Gasteiger partial charge in [0.25, 0.3) is 0 Å². The molecular formula is C21H27ClN2O3. The number of rotatable bonds is 7. The third kappa shape index (κ3) is 6.86. The third-order valence-corrected chi connectivity index (χ3v) is 4.58. The predicted molar refractivity (Wildman–Crippen MR) is 109 cm³/mol. The van der Waals surface area contributed by atoms with Gasteiger partial charge in [0.05, 0.1) is 12.6 Å². The maximum atomic E-state index is 12.3. The highest BCUT2D eigenvalue weighted by atomic mass is 35.5. The summed E-state index contributed by atoms with van der Waals surface area (Å²) in [6, 6.07) is 16.6. The van der Waals surface area contributed by atoms with Crippen molar-refractivity contribution in [1.82, 2.24) is 0 Å². The SMILES string of the molecule is Cl.N[C@@H](Cc1ccccc1)C(=O)Nc1ccc(OCC2CCOCC2)cc1. The van der Waals surface area contributed by atoms with Gasteiger partial charge in [0.15, 0.2) is 0 Å². The second-order valence-corrected chi connectivity index (χ2v) is 6.68. The molecule has 0 unspecified atom stereocenters. The molecule has 3 N–H and O–H groups in total. The van der Waals surface area contributed by atoms with Crippen molar-refractivity contribution in [3.63, 3.8) is 0 Å². The molecule has 5 nitrogen and oxygen atoms in total. The van der Waals surface area contributed by atoms with Crippen LogP contribution in [0.25, 0.3) is 0 Å². The molecule has 1 heterocycles. The van der Waals surface area contributed by atoms with Gasteiger partial charge in [-0.2, -0.15) is 0 Å². The lowest BCUT2D eigenvalue weighted by Crippen LogP contribution is -2.37. The van der Waals surface area contributed by atoms with E-state index >= 15 is 0 Å². The normalized spacial score (nSPS) is 15.4. The highest BCUT2D eigenvalue weighted by molar-refractivity contribution is 5.94. The summed E-state index contributed by atoms with van der Waals surface area (Å²) in [5, 5.41) is 2.86. The van der Waals surface area contributed by atoms with E-state index in [1.54, 1.807) is 0 Å². The fourth-order valence-electron chi connectivity index (χ4n) is 2.96. The Balaban J connectivity index is 0.00000261. The molecule has 0 spiro atoms. The van der Waals surface area contributed by atoms with E-state index in [0.29, 0.717) is 18.9 Å². The van der Waals surface area contributed by atoms with Crippen LogP contribution in [0.3, 0.4) is 0 Å². The minimum Gasteiger partial charge on any atom is -0.493 e. The van der Waals surface area contributed by atoms with E-state index in [4.69, 9.17) is 15.2 Å². The molecule has 3 rings (SSSR count). The van der Waals surface area contributed by atoms with Crippen LogP contribution in [0.4, 0.5) is 5.69 Å². The number of carbonyl (C=O) groups is 1. The molecule has 0 aromatic heterocycles. The lowest BCUT2D eigenvalue weighted by molar-refractivity contribution is -0.117. The Labute approximate surface area is 166 Å². The molecule has 2 aromatic rings. The number of benzene rings is 2. The van der Waals surface area contributed by atoms with Crippen LogP contribution in [-0.2, 0) is 16.0 Å². The summed E-state index contributed by atoms with van der Waals surface area (Å²) in [7, 11) is 0. The monoisotopic (exact) mass is 390 g/mol. The van der Waals surface area contributed by atoms with Crippen LogP contribution in [0.2, 0.25) is 0 Å². The first kappa shape index (κ1) is 21.2. The van der Waals surface area contributed by atoms with Gasteiger partial charge < -0.3 is 20.5 Å². The summed E-state index contributed by atoms with van der Waals surface area (Å²) < 4.78 is 11.2. The Morgan fingerprint density at radius 3 is 2.44 bits per heavy atom. The van der Waals surface area contributed by atoms with Crippen LogP contribution in [-0.4, -0.2) is 31.8 Å². The minimum absolute atomic E-state index is 0. The molecule has 146 valence electrons. The Bertz CT molecular complexity index is 688. The fraction of sp³-hybridized carbons (Fsp3) is 0.381. The maximum Gasteiger partial charge on any atom is 0.241 e. The lowest BCUT2D eigenvalue weighted by Gasteiger charge is -2.22. The second kappa shape index (κ2) is 10.9. The summed E-state index contributed by atoms with van der Waals surface area (Å²) in [6.45, 7) is 2.35. The molecule has 0 radical (unpaired) electrons. The number of hydrogen-bond donors (Lipinski definition) is 2. The number of carbonyl (C=O) groups excluding carboxylic acids is 1. The molecule has 1 amide bonds. The van der Waals surface area contributed by atoms with Gasteiger partial charge in [-0.25, -0.2) is 0 Å². The summed E-state index contributed by atoms with van der Waals surface area (Å²) >= 11 is 0. The Kier molecular flexibility index (Phi) is 8.58. The fourth-order valence-corrected chi connectivity index (χ4v) is 2.96. The van der Waals surface area contributed by atoms with Crippen LogP contribution < -0.4 is 15.8 Å². The maximum absolute atomic E-state index is 12.3. The number of amides is 1. The van der Waals surface area contributed by atoms with Gasteiger partial charge in [0, 0.05) is 18.9 Å². The number of hydrogen-bond acceptors (Lipinski definition) is 4. The van der Waals surface area contributed by atoms with E-state index in [1.807, 2.05) is 54.6 Å². The molecule has 1 aliphatic rings. The number of anilines is 1. The zero-order chi connectivity index (χ0) is 18.2. The van der Waals surface area contributed by atoms with Crippen molar-refractivity contribution in [2.75, 3.05) is 25.1 Å². The van der Waals surface area contributed by atoms with Crippen molar-refractivity contribution in [3.8, 4) is 5.75 Å². The molecule has 1 fully saturated rings. The molecule has 0 aliphatic carbocycles. The first-order valence-corrected chi connectivity index (χ1v) is 9.11. The minimum atomic E-state index is -0.582. The van der Waals surface area contributed by atoms with Crippen molar-refractivity contribution in [2.24, 2.45) is 11.7 Å². The van der Waals surface area contributed by atoms with E-state index in [1.165, 1.54) is 0 Å². The first-order chi connectivity index (χ1) is 12.7. The van der Waals surface area contributed by atoms with Gasteiger partial charge in [-0.1, -0.05) is 30.3 Å². The van der Waals surface area contributed by atoms with Gasteiger partial charge in [-0.3, -0.25) is 4.79 Å². The first-order valence-electron chi connectivity index (χ1n) is 9.11. The van der Waals surface area contributed by atoms with E-state index in [-0.39, 0.29) is 18.3 Å². The van der Waals surface area contributed by atoms with Crippen LogP contribution in [0.5, 0.6) is 5.75 Å². The number of halogens is 1. The highest BCUT2D eigenvalue weighted by Gasteiger charge is 2.15. The Morgan fingerprint density at radius 1 is 1.11 bits per heavy atom. The van der Waals surface area contributed by atoms with Crippen molar-refractivity contribution in [1.29, 1.82) is 0 Å². The van der Waals surface area contributed by atoms with Crippen LogP contribution >= 0.6 is 12.4 Å². The van der Waals surface area contributed by atoms with Crippen LogP contribution in [0.15, 0.2) is 54.6 Å². The van der Waals surface area contributed by atoms with Gasteiger partial charge >= 0.3 is 0 Å². The third-order valence-electron chi connectivity index (χ3n) is 4.58. The average molecular weight is 391 g/mol.